The molecule has 0 aromatic heterocycles. The van der Waals surface area contributed by atoms with Crippen LogP contribution in [0, 0.1) is 0 Å². The largest absolute Gasteiger partial charge is 0.462 e. The fraction of sp³-hybridized carbons (Fsp3) is 0.975. The van der Waals surface area contributed by atoms with Crippen molar-refractivity contribution in [3.05, 3.63) is 0 Å². The fourth-order valence-corrected chi connectivity index (χ4v) is 6.39. The maximum Gasteiger partial charge on any atom is 0.306 e. The van der Waals surface area contributed by atoms with E-state index in [0.717, 1.165) is 12.8 Å². The predicted octanol–water partition coefficient (Wildman–Crippen LogP) is 13.6. The molecule has 0 spiro atoms. The summed E-state index contributed by atoms with van der Waals surface area (Å²) < 4.78 is 5.85. The third kappa shape index (κ3) is 35.8. The summed E-state index contributed by atoms with van der Waals surface area (Å²) in [5.41, 5.74) is 0. The van der Waals surface area contributed by atoms with Gasteiger partial charge in [-0.3, -0.25) is 4.79 Å². The van der Waals surface area contributed by atoms with Crippen LogP contribution in [-0.2, 0) is 9.53 Å². The fourth-order valence-electron chi connectivity index (χ4n) is 6.39. The molecule has 0 aromatic carbocycles. The van der Waals surface area contributed by atoms with E-state index in [1.54, 1.807) is 0 Å². The third-order valence-corrected chi connectivity index (χ3v) is 9.35. The summed E-state index contributed by atoms with van der Waals surface area (Å²) in [6, 6.07) is 0. The number of ether oxygens (including phenoxy) is 1. The number of hydrogen-bond acceptors (Lipinski definition) is 3. The average Bonchev–Trinajstić information content (AvgIpc) is 3.01. The molecule has 3 nitrogen and oxygen atoms in total. The standard InChI is InChI=1S/C40H80O3/c1-3-5-7-9-11-13-15-17-19-21-23-25-27-29-31-33-36-39(43-40(42)37-34-38-41)35-32-30-28-26-24-22-20-18-16-14-12-10-8-6-4-2/h39,41H,3-38H2,1-2H3. The monoisotopic (exact) mass is 609 g/mol. The second kappa shape index (κ2) is 37.6. The molecular formula is C40H80O3. The minimum Gasteiger partial charge on any atom is -0.462 e. The highest BCUT2D eigenvalue weighted by Crippen LogP contribution is 2.19. The number of esters is 1. The Bertz CT molecular complexity index is 520. The van der Waals surface area contributed by atoms with Gasteiger partial charge in [0.1, 0.15) is 6.10 Å². The van der Waals surface area contributed by atoms with Gasteiger partial charge in [-0.25, -0.2) is 0 Å². The van der Waals surface area contributed by atoms with Gasteiger partial charge in [0.05, 0.1) is 0 Å². The lowest BCUT2D eigenvalue weighted by atomic mass is 10.0. The van der Waals surface area contributed by atoms with Gasteiger partial charge in [-0.2, -0.15) is 0 Å². The van der Waals surface area contributed by atoms with Gasteiger partial charge in [0.2, 0.25) is 0 Å². The van der Waals surface area contributed by atoms with E-state index in [9.17, 15) is 4.79 Å². The first-order chi connectivity index (χ1) is 21.2. The molecule has 0 aromatic rings. The topological polar surface area (TPSA) is 46.5 Å². The average molecular weight is 609 g/mol. The van der Waals surface area contributed by atoms with Crippen molar-refractivity contribution in [3.8, 4) is 0 Å². The van der Waals surface area contributed by atoms with Crippen molar-refractivity contribution in [2.24, 2.45) is 0 Å². The van der Waals surface area contributed by atoms with Crippen LogP contribution in [0.1, 0.15) is 239 Å². The second-order valence-corrected chi connectivity index (χ2v) is 13.8. The highest BCUT2D eigenvalue weighted by molar-refractivity contribution is 5.69. The Morgan fingerprint density at radius 1 is 0.419 bits per heavy atom. The van der Waals surface area contributed by atoms with Gasteiger partial charge in [0, 0.05) is 13.0 Å². The van der Waals surface area contributed by atoms with Gasteiger partial charge < -0.3 is 9.84 Å². The molecule has 0 rings (SSSR count). The van der Waals surface area contributed by atoms with Crippen molar-refractivity contribution < 1.29 is 14.6 Å². The molecule has 0 fully saturated rings. The summed E-state index contributed by atoms with van der Waals surface area (Å²) in [4.78, 5) is 12.2. The molecule has 0 aliphatic carbocycles. The smallest absolute Gasteiger partial charge is 0.306 e. The number of carbonyl (C=O) groups excluding carboxylic acids is 1. The first kappa shape index (κ1) is 42.4. The van der Waals surface area contributed by atoms with Crippen LogP contribution in [0.3, 0.4) is 0 Å². The molecule has 0 radical (unpaired) electrons. The van der Waals surface area contributed by atoms with E-state index >= 15 is 0 Å². The molecule has 1 atom stereocenters. The number of aliphatic hydroxyl groups excluding tert-OH is 1. The SMILES string of the molecule is CCCCCCCCCCCCCCCCCCC(CCCCCCCCCCCCCCCCC)OC(=O)CCCO. The third-order valence-electron chi connectivity index (χ3n) is 9.35. The lowest BCUT2D eigenvalue weighted by Gasteiger charge is -2.18. The number of carbonyl (C=O) groups is 1. The lowest BCUT2D eigenvalue weighted by Crippen LogP contribution is -2.18. The molecule has 3 heteroatoms. The van der Waals surface area contributed by atoms with Crippen molar-refractivity contribution >= 4 is 5.97 Å². The van der Waals surface area contributed by atoms with Crippen LogP contribution in [0.2, 0.25) is 0 Å². The molecule has 0 bridgehead atoms. The summed E-state index contributed by atoms with van der Waals surface area (Å²) in [7, 11) is 0. The van der Waals surface area contributed by atoms with E-state index in [0.29, 0.717) is 12.8 Å². The van der Waals surface area contributed by atoms with Gasteiger partial charge >= 0.3 is 5.97 Å². The van der Waals surface area contributed by atoms with Crippen molar-refractivity contribution in [1.29, 1.82) is 0 Å². The van der Waals surface area contributed by atoms with Crippen molar-refractivity contribution in [3.63, 3.8) is 0 Å². The Morgan fingerprint density at radius 3 is 0.930 bits per heavy atom. The molecule has 43 heavy (non-hydrogen) atoms. The molecule has 0 saturated carbocycles. The second-order valence-electron chi connectivity index (χ2n) is 13.8. The Labute approximate surface area is 271 Å². The Kier molecular flexibility index (Phi) is 37.1. The highest BCUT2D eigenvalue weighted by Gasteiger charge is 2.14. The molecule has 0 amide bonds. The first-order valence-electron chi connectivity index (χ1n) is 20.0. The summed E-state index contributed by atoms with van der Waals surface area (Å²) in [5, 5.41) is 9.05. The molecule has 0 aliphatic heterocycles. The van der Waals surface area contributed by atoms with E-state index in [1.165, 1.54) is 199 Å². The normalized spacial score (nSPS) is 12.2. The Hall–Kier alpha value is -0.570. The minimum atomic E-state index is -0.114. The van der Waals surface area contributed by atoms with Gasteiger partial charge in [0.15, 0.2) is 0 Å². The zero-order valence-electron chi connectivity index (χ0n) is 29.8. The number of hydrogen-bond donors (Lipinski definition) is 1. The summed E-state index contributed by atoms with van der Waals surface area (Å²) in [6.07, 6.45) is 45.9. The van der Waals surface area contributed by atoms with Crippen molar-refractivity contribution in [1.82, 2.24) is 0 Å². The van der Waals surface area contributed by atoms with Crippen LogP contribution >= 0.6 is 0 Å². The van der Waals surface area contributed by atoms with Crippen LogP contribution in [0.15, 0.2) is 0 Å². The van der Waals surface area contributed by atoms with Gasteiger partial charge in [0.25, 0.3) is 0 Å². The molecule has 0 aliphatic rings. The Balaban J connectivity index is 3.73. The van der Waals surface area contributed by atoms with Crippen LogP contribution < -0.4 is 0 Å². The first-order valence-corrected chi connectivity index (χ1v) is 20.0. The van der Waals surface area contributed by atoms with E-state index in [1.807, 2.05) is 0 Å². The zero-order valence-corrected chi connectivity index (χ0v) is 29.8. The van der Waals surface area contributed by atoms with Crippen molar-refractivity contribution in [2.75, 3.05) is 6.61 Å². The summed E-state index contributed by atoms with van der Waals surface area (Å²) >= 11 is 0. The number of rotatable bonds is 37. The maximum atomic E-state index is 12.2. The molecule has 1 unspecified atom stereocenters. The van der Waals surface area contributed by atoms with Gasteiger partial charge in [-0.1, -0.05) is 200 Å². The number of unbranched alkanes of at least 4 members (excludes halogenated alkanes) is 29. The van der Waals surface area contributed by atoms with Crippen LogP contribution in [0.4, 0.5) is 0 Å². The molecule has 1 N–H and O–H groups in total. The van der Waals surface area contributed by atoms with Crippen LogP contribution in [0.25, 0.3) is 0 Å². The summed E-state index contributed by atoms with van der Waals surface area (Å²) in [5.74, 6) is -0.114. The quantitative estimate of drug-likeness (QED) is 0.0563. The van der Waals surface area contributed by atoms with Crippen molar-refractivity contribution in [2.45, 2.75) is 245 Å². The molecular weight excluding hydrogens is 528 g/mol. The van der Waals surface area contributed by atoms with Crippen LogP contribution in [-0.4, -0.2) is 23.8 Å². The minimum absolute atomic E-state index is 0.0674. The van der Waals surface area contributed by atoms with Gasteiger partial charge in [-0.05, 0) is 32.1 Å². The number of aliphatic hydroxyl groups is 1. The Morgan fingerprint density at radius 2 is 0.674 bits per heavy atom. The van der Waals surface area contributed by atoms with E-state index in [-0.39, 0.29) is 18.7 Å². The van der Waals surface area contributed by atoms with Gasteiger partial charge in [-0.15, -0.1) is 0 Å². The highest BCUT2D eigenvalue weighted by atomic mass is 16.5. The van der Waals surface area contributed by atoms with Crippen LogP contribution in [0.5, 0.6) is 0 Å². The summed E-state index contributed by atoms with van der Waals surface area (Å²) in [6.45, 7) is 4.65. The molecule has 0 heterocycles. The molecule has 0 saturated heterocycles. The van der Waals surface area contributed by atoms with E-state index in [2.05, 4.69) is 13.8 Å². The predicted molar refractivity (Wildman–Crippen MR) is 190 cm³/mol. The maximum absolute atomic E-state index is 12.2. The van der Waals surface area contributed by atoms with E-state index in [4.69, 9.17) is 9.84 Å². The zero-order chi connectivity index (χ0) is 31.3. The molecule has 258 valence electrons. The lowest BCUT2D eigenvalue weighted by molar-refractivity contribution is -0.150. The van der Waals surface area contributed by atoms with E-state index < -0.39 is 0 Å².